The molecule has 0 saturated carbocycles. The van der Waals surface area contributed by atoms with Gasteiger partial charge >= 0.3 is 0 Å². The lowest BCUT2D eigenvalue weighted by Crippen LogP contribution is -2.27. The number of ether oxygens (including phenoxy) is 1. The number of halogens is 2. The minimum Gasteiger partial charge on any atom is -0.497 e. The van der Waals surface area contributed by atoms with Crippen LogP contribution in [-0.2, 0) is 16.2 Å². The number of nitrogens with zero attached hydrogens (tertiary/aromatic N) is 3. The van der Waals surface area contributed by atoms with E-state index in [1.807, 2.05) is 30.3 Å². The highest BCUT2D eigenvalue weighted by atomic mass is 35.5. The van der Waals surface area contributed by atoms with Crippen LogP contribution in [0.1, 0.15) is 17.5 Å². The van der Waals surface area contributed by atoms with Gasteiger partial charge in [0.05, 0.1) is 31.3 Å². The molecule has 2 heterocycles. The third kappa shape index (κ3) is 4.58. The molecule has 0 spiro atoms. The Balaban J connectivity index is 1.34. The Morgan fingerprint density at radius 3 is 2.80 bits per heavy atom. The molecule has 7 nitrogen and oxygen atoms in total. The molecule has 1 N–H and O–H groups in total. The normalized spacial score (nSPS) is 15.4. The zero-order valence-corrected chi connectivity index (χ0v) is 17.5. The summed E-state index contributed by atoms with van der Waals surface area (Å²) < 4.78 is 6.83. The second kappa shape index (κ2) is 8.77. The van der Waals surface area contributed by atoms with Crippen LogP contribution in [-0.4, -0.2) is 34.6 Å². The number of rotatable bonds is 6. The zero-order valence-electron chi connectivity index (χ0n) is 16.0. The van der Waals surface area contributed by atoms with Crippen LogP contribution in [0.5, 0.6) is 5.75 Å². The Morgan fingerprint density at radius 2 is 2.07 bits per heavy atom. The molecule has 0 fully saturated rings. The van der Waals surface area contributed by atoms with E-state index in [-0.39, 0.29) is 5.91 Å². The van der Waals surface area contributed by atoms with E-state index in [0.29, 0.717) is 34.4 Å². The Bertz CT molecular complexity index is 1100. The molecule has 0 radical (unpaired) electrons. The maximum Gasteiger partial charge on any atom is 0.268 e. The minimum absolute atomic E-state index is 0.286. The van der Waals surface area contributed by atoms with E-state index in [1.165, 1.54) is 0 Å². The Morgan fingerprint density at radius 1 is 1.27 bits per heavy atom. The van der Waals surface area contributed by atoms with Crippen molar-refractivity contribution in [2.24, 2.45) is 5.16 Å². The summed E-state index contributed by atoms with van der Waals surface area (Å²) >= 11 is 12.1. The lowest BCUT2D eigenvalue weighted by Gasteiger charge is -2.08. The van der Waals surface area contributed by atoms with E-state index in [9.17, 15) is 4.79 Å². The molecule has 1 unspecified atom stereocenters. The van der Waals surface area contributed by atoms with E-state index in [1.54, 1.807) is 36.3 Å². The van der Waals surface area contributed by atoms with Crippen molar-refractivity contribution in [2.45, 2.75) is 19.1 Å². The average Bonchev–Trinajstić information content (AvgIpc) is 3.40. The molecular formula is C21H18Cl2N4O3. The van der Waals surface area contributed by atoms with Gasteiger partial charge in [0, 0.05) is 22.7 Å². The number of oxime groups is 1. The summed E-state index contributed by atoms with van der Waals surface area (Å²) in [5.74, 6) is 0.468. The monoisotopic (exact) mass is 444 g/mol. The quantitative estimate of drug-likeness (QED) is 0.611. The number of methoxy groups -OCH3 is 1. The summed E-state index contributed by atoms with van der Waals surface area (Å²) in [4.78, 5) is 17.9. The van der Waals surface area contributed by atoms with Gasteiger partial charge in [-0.25, -0.2) is 0 Å². The first-order valence-electron chi connectivity index (χ1n) is 9.16. The van der Waals surface area contributed by atoms with E-state index < -0.39 is 6.10 Å². The molecular weight excluding hydrogens is 427 g/mol. The maximum absolute atomic E-state index is 12.5. The van der Waals surface area contributed by atoms with Gasteiger partial charge in [0.25, 0.3) is 5.91 Å². The summed E-state index contributed by atoms with van der Waals surface area (Å²) in [6, 6.07) is 12.7. The van der Waals surface area contributed by atoms with Crippen molar-refractivity contribution < 1.29 is 14.4 Å². The van der Waals surface area contributed by atoms with Crippen molar-refractivity contribution >= 4 is 40.5 Å². The second-order valence-corrected chi connectivity index (χ2v) is 7.56. The van der Waals surface area contributed by atoms with Crippen LogP contribution in [0.25, 0.3) is 0 Å². The highest BCUT2D eigenvalue weighted by molar-refractivity contribution is 6.35. The van der Waals surface area contributed by atoms with Gasteiger partial charge < -0.3 is 14.9 Å². The summed E-state index contributed by atoms with van der Waals surface area (Å²) in [6.45, 7) is 0.455. The molecule has 1 aromatic heterocycles. The van der Waals surface area contributed by atoms with E-state index in [4.69, 9.17) is 32.8 Å². The summed E-state index contributed by atoms with van der Waals surface area (Å²) in [7, 11) is 1.61. The molecule has 0 bridgehead atoms. The largest absolute Gasteiger partial charge is 0.497 e. The molecule has 154 valence electrons. The van der Waals surface area contributed by atoms with Gasteiger partial charge in [-0.1, -0.05) is 34.4 Å². The van der Waals surface area contributed by atoms with Crippen LogP contribution in [0.3, 0.4) is 0 Å². The van der Waals surface area contributed by atoms with E-state index in [0.717, 1.165) is 16.9 Å². The summed E-state index contributed by atoms with van der Waals surface area (Å²) in [5, 5.41) is 12.3. The molecule has 1 amide bonds. The number of benzene rings is 2. The molecule has 3 aromatic rings. The number of hydrogen-bond acceptors (Lipinski definition) is 5. The number of hydrogen-bond donors (Lipinski definition) is 1. The average molecular weight is 445 g/mol. The van der Waals surface area contributed by atoms with Crippen LogP contribution >= 0.6 is 23.2 Å². The predicted octanol–water partition coefficient (Wildman–Crippen LogP) is 4.38. The van der Waals surface area contributed by atoms with Gasteiger partial charge in [0.2, 0.25) is 6.10 Å². The topological polar surface area (TPSA) is 77.7 Å². The van der Waals surface area contributed by atoms with E-state index in [2.05, 4.69) is 15.6 Å². The SMILES string of the molecule is COc1ccc(C2=NOC(C(=O)Nc3cnn(Cc4ccc(Cl)cc4Cl)c3)C2)cc1. The van der Waals surface area contributed by atoms with Crippen LogP contribution < -0.4 is 10.1 Å². The number of nitrogens with one attached hydrogen (secondary N) is 1. The lowest BCUT2D eigenvalue weighted by atomic mass is 10.0. The Labute approximate surface area is 183 Å². The summed E-state index contributed by atoms with van der Waals surface area (Å²) in [6.07, 6.45) is 2.98. The highest BCUT2D eigenvalue weighted by Gasteiger charge is 2.29. The first-order valence-corrected chi connectivity index (χ1v) is 9.92. The van der Waals surface area contributed by atoms with Gasteiger partial charge in [-0.05, 0) is 47.5 Å². The zero-order chi connectivity index (χ0) is 21.1. The van der Waals surface area contributed by atoms with Crippen molar-refractivity contribution in [1.82, 2.24) is 9.78 Å². The van der Waals surface area contributed by atoms with Crippen LogP contribution in [0.4, 0.5) is 5.69 Å². The predicted molar refractivity (Wildman–Crippen MR) is 115 cm³/mol. The van der Waals surface area contributed by atoms with Crippen molar-refractivity contribution in [2.75, 3.05) is 12.4 Å². The lowest BCUT2D eigenvalue weighted by molar-refractivity contribution is -0.125. The number of anilines is 1. The van der Waals surface area contributed by atoms with Crippen LogP contribution in [0, 0.1) is 0 Å². The fraction of sp³-hybridized carbons (Fsp3) is 0.190. The van der Waals surface area contributed by atoms with E-state index >= 15 is 0 Å². The van der Waals surface area contributed by atoms with Gasteiger partial charge in [0.15, 0.2) is 0 Å². The van der Waals surface area contributed by atoms with Gasteiger partial charge in [0.1, 0.15) is 5.75 Å². The first kappa shape index (κ1) is 20.3. The first-order chi connectivity index (χ1) is 14.5. The third-order valence-corrected chi connectivity index (χ3v) is 5.22. The number of amides is 1. The fourth-order valence-corrected chi connectivity index (χ4v) is 3.50. The molecule has 4 rings (SSSR count). The van der Waals surface area contributed by atoms with Crippen molar-refractivity contribution in [1.29, 1.82) is 0 Å². The molecule has 0 aliphatic carbocycles. The molecule has 30 heavy (non-hydrogen) atoms. The number of carbonyl (C=O) groups is 1. The smallest absolute Gasteiger partial charge is 0.268 e. The molecule has 1 aliphatic heterocycles. The number of aromatic nitrogens is 2. The molecule has 2 aromatic carbocycles. The molecule has 0 saturated heterocycles. The molecule has 1 atom stereocenters. The highest BCUT2D eigenvalue weighted by Crippen LogP contribution is 2.23. The standard InChI is InChI=1S/C21H18Cl2N4O3/c1-29-17-6-3-13(4-7-17)19-9-20(30-26-19)21(28)25-16-10-24-27(12-16)11-14-2-5-15(22)8-18(14)23/h2-8,10,12,20H,9,11H2,1H3,(H,25,28). The maximum atomic E-state index is 12.5. The summed E-state index contributed by atoms with van der Waals surface area (Å²) in [5.41, 5.74) is 3.04. The van der Waals surface area contributed by atoms with Gasteiger partial charge in [-0.3, -0.25) is 9.48 Å². The van der Waals surface area contributed by atoms with Crippen molar-refractivity contribution in [3.05, 3.63) is 76.0 Å². The van der Waals surface area contributed by atoms with Crippen molar-refractivity contribution in [3.63, 3.8) is 0 Å². The van der Waals surface area contributed by atoms with Crippen LogP contribution in [0.15, 0.2) is 60.0 Å². The Kier molecular flexibility index (Phi) is 5.92. The fourth-order valence-electron chi connectivity index (χ4n) is 3.03. The molecule has 1 aliphatic rings. The molecule has 9 heteroatoms. The van der Waals surface area contributed by atoms with Crippen LogP contribution in [0.2, 0.25) is 10.0 Å². The number of carbonyl (C=O) groups excluding carboxylic acids is 1. The second-order valence-electron chi connectivity index (χ2n) is 6.72. The van der Waals surface area contributed by atoms with Gasteiger partial charge in [-0.15, -0.1) is 0 Å². The van der Waals surface area contributed by atoms with Gasteiger partial charge in [-0.2, -0.15) is 5.10 Å². The Hall–Kier alpha value is -3.03. The van der Waals surface area contributed by atoms with Crippen molar-refractivity contribution in [3.8, 4) is 5.75 Å². The third-order valence-electron chi connectivity index (χ3n) is 4.63. The minimum atomic E-state index is -0.698.